The van der Waals surface area contributed by atoms with E-state index in [4.69, 9.17) is 9.47 Å². The maximum Gasteiger partial charge on any atom is 0.322 e. The predicted molar refractivity (Wildman–Crippen MR) is 81.7 cm³/mol. The zero-order chi connectivity index (χ0) is 15.2. The zero-order valence-corrected chi connectivity index (χ0v) is 12.8. The summed E-state index contributed by atoms with van der Waals surface area (Å²) in [5, 5.41) is 2.92. The van der Waals surface area contributed by atoms with Crippen LogP contribution in [0.2, 0.25) is 0 Å². The van der Waals surface area contributed by atoms with Crippen molar-refractivity contribution in [3.63, 3.8) is 0 Å². The minimum atomic E-state index is 0.00489. The van der Waals surface area contributed by atoms with Crippen LogP contribution in [-0.4, -0.2) is 34.7 Å². The molecule has 0 aliphatic heterocycles. The third-order valence-electron chi connectivity index (χ3n) is 2.60. The fourth-order valence-electron chi connectivity index (χ4n) is 1.73. The van der Waals surface area contributed by atoms with E-state index < -0.39 is 0 Å². The summed E-state index contributed by atoms with van der Waals surface area (Å²) in [6, 6.07) is 7.93. The van der Waals surface area contributed by atoms with Crippen molar-refractivity contribution >= 4 is 5.95 Å². The van der Waals surface area contributed by atoms with E-state index in [1.807, 2.05) is 45.0 Å². The molecule has 1 aromatic heterocycles. The summed E-state index contributed by atoms with van der Waals surface area (Å²) in [5.74, 6) is 1.86. The number of ether oxygens (including phenoxy) is 2. The van der Waals surface area contributed by atoms with Crippen molar-refractivity contribution in [1.82, 2.24) is 15.0 Å². The van der Waals surface area contributed by atoms with Crippen molar-refractivity contribution in [3.8, 4) is 23.1 Å². The number of hydrogen-bond acceptors (Lipinski definition) is 6. The second-order valence-corrected chi connectivity index (χ2v) is 4.64. The fraction of sp³-hybridized carbons (Fsp3) is 0.400. The maximum absolute atomic E-state index is 5.55. The van der Waals surface area contributed by atoms with Crippen molar-refractivity contribution in [2.24, 2.45) is 0 Å². The smallest absolute Gasteiger partial charge is 0.322 e. The van der Waals surface area contributed by atoms with Crippen LogP contribution in [0.25, 0.3) is 11.4 Å². The highest BCUT2D eigenvalue weighted by Gasteiger charge is 2.10. The Hall–Kier alpha value is -2.37. The molecule has 0 radical (unpaired) electrons. The molecule has 0 aliphatic rings. The van der Waals surface area contributed by atoms with E-state index in [2.05, 4.69) is 20.3 Å². The first-order chi connectivity index (χ1) is 10.1. The minimum absolute atomic E-state index is 0.00489. The van der Waals surface area contributed by atoms with Crippen molar-refractivity contribution < 1.29 is 9.47 Å². The summed E-state index contributed by atoms with van der Waals surface area (Å²) in [6.07, 6.45) is 0.00489. The molecule has 21 heavy (non-hydrogen) atoms. The molecule has 0 bridgehead atoms. The SMILES string of the molecule is CCOc1ccc(-c2nc(NC)nc(OC(C)C)n2)cc1. The van der Waals surface area contributed by atoms with E-state index in [1.54, 1.807) is 7.05 Å². The number of rotatable bonds is 6. The third kappa shape index (κ3) is 4.05. The normalized spacial score (nSPS) is 10.5. The summed E-state index contributed by atoms with van der Waals surface area (Å²) >= 11 is 0. The molecule has 0 fully saturated rings. The first kappa shape index (κ1) is 15.0. The minimum Gasteiger partial charge on any atom is -0.494 e. The van der Waals surface area contributed by atoms with Crippen molar-refractivity contribution in [1.29, 1.82) is 0 Å². The predicted octanol–water partition coefficient (Wildman–Crippen LogP) is 2.77. The fourth-order valence-corrected chi connectivity index (χ4v) is 1.73. The summed E-state index contributed by atoms with van der Waals surface area (Å²) < 4.78 is 11.0. The van der Waals surface area contributed by atoms with Crippen LogP contribution >= 0.6 is 0 Å². The Morgan fingerprint density at radius 1 is 1.10 bits per heavy atom. The van der Waals surface area contributed by atoms with Gasteiger partial charge >= 0.3 is 6.01 Å². The first-order valence-electron chi connectivity index (χ1n) is 6.96. The van der Waals surface area contributed by atoms with Gasteiger partial charge in [0, 0.05) is 12.6 Å². The summed E-state index contributed by atoms with van der Waals surface area (Å²) in [6.45, 7) is 6.45. The van der Waals surface area contributed by atoms with E-state index in [1.165, 1.54) is 0 Å². The van der Waals surface area contributed by atoms with E-state index in [-0.39, 0.29) is 6.10 Å². The van der Waals surface area contributed by atoms with Gasteiger partial charge in [0.25, 0.3) is 0 Å². The van der Waals surface area contributed by atoms with Crippen LogP contribution in [0.3, 0.4) is 0 Å². The third-order valence-corrected chi connectivity index (χ3v) is 2.60. The zero-order valence-electron chi connectivity index (χ0n) is 12.8. The Balaban J connectivity index is 2.32. The van der Waals surface area contributed by atoms with Crippen LogP contribution in [0.4, 0.5) is 5.95 Å². The lowest BCUT2D eigenvalue weighted by Crippen LogP contribution is -2.11. The van der Waals surface area contributed by atoms with Gasteiger partial charge < -0.3 is 14.8 Å². The molecule has 0 amide bonds. The van der Waals surface area contributed by atoms with Crippen LogP contribution in [0, 0.1) is 0 Å². The van der Waals surface area contributed by atoms with E-state index in [0.717, 1.165) is 11.3 Å². The molecule has 2 rings (SSSR count). The van der Waals surface area contributed by atoms with Crippen LogP contribution < -0.4 is 14.8 Å². The highest BCUT2D eigenvalue weighted by Crippen LogP contribution is 2.22. The molecule has 6 nitrogen and oxygen atoms in total. The summed E-state index contributed by atoms with van der Waals surface area (Å²) in [7, 11) is 1.76. The van der Waals surface area contributed by atoms with E-state index in [0.29, 0.717) is 24.4 Å². The van der Waals surface area contributed by atoms with Crippen molar-refractivity contribution in [2.75, 3.05) is 19.0 Å². The maximum atomic E-state index is 5.55. The Labute approximate surface area is 124 Å². The van der Waals surface area contributed by atoms with Gasteiger partial charge in [-0.05, 0) is 45.0 Å². The Kier molecular flexibility index (Phi) is 4.92. The number of nitrogens with zero attached hydrogens (tertiary/aromatic N) is 3. The quantitative estimate of drug-likeness (QED) is 0.881. The molecular formula is C15H20N4O2. The topological polar surface area (TPSA) is 69.2 Å². The van der Waals surface area contributed by atoms with E-state index >= 15 is 0 Å². The average molecular weight is 288 g/mol. The van der Waals surface area contributed by atoms with Crippen LogP contribution in [0.1, 0.15) is 20.8 Å². The van der Waals surface area contributed by atoms with Gasteiger partial charge in [-0.25, -0.2) is 0 Å². The lowest BCUT2D eigenvalue weighted by molar-refractivity contribution is 0.222. The Morgan fingerprint density at radius 2 is 1.81 bits per heavy atom. The summed E-state index contributed by atoms with van der Waals surface area (Å²) in [5.41, 5.74) is 0.881. The Bertz CT molecular complexity index is 585. The number of hydrogen-bond donors (Lipinski definition) is 1. The average Bonchev–Trinajstić information content (AvgIpc) is 2.47. The highest BCUT2D eigenvalue weighted by molar-refractivity contribution is 5.57. The molecule has 112 valence electrons. The van der Waals surface area contributed by atoms with Gasteiger partial charge in [-0.3, -0.25) is 0 Å². The van der Waals surface area contributed by atoms with Gasteiger partial charge in [-0.2, -0.15) is 15.0 Å². The molecule has 0 saturated heterocycles. The molecule has 0 spiro atoms. The number of benzene rings is 1. The molecule has 0 saturated carbocycles. The first-order valence-corrected chi connectivity index (χ1v) is 6.96. The summed E-state index contributed by atoms with van der Waals surface area (Å²) in [4.78, 5) is 12.9. The lowest BCUT2D eigenvalue weighted by Gasteiger charge is -2.10. The van der Waals surface area contributed by atoms with Gasteiger partial charge in [0.15, 0.2) is 5.82 Å². The number of aromatic nitrogens is 3. The van der Waals surface area contributed by atoms with Gasteiger partial charge in [0.1, 0.15) is 5.75 Å². The van der Waals surface area contributed by atoms with Crippen molar-refractivity contribution in [2.45, 2.75) is 26.9 Å². The molecule has 2 aromatic rings. The molecule has 1 aromatic carbocycles. The van der Waals surface area contributed by atoms with Crippen LogP contribution in [0.5, 0.6) is 11.8 Å². The van der Waals surface area contributed by atoms with Crippen LogP contribution in [-0.2, 0) is 0 Å². The molecule has 1 heterocycles. The van der Waals surface area contributed by atoms with Crippen molar-refractivity contribution in [3.05, 3.63) is 24.3 Å². The molecule has 6 heteroatoms. The molecule has 0 atom stereocenters. The second-order valence-electron chi connectivity index (χ2n) is 4.64. The highest BCUT2D eigenvalue weighted by atomic mass is 16.5. The Morgan fingerprint density at radius 3 is 2.38 bits per heavy atom. The van der Waals surface area contributed by atoms with Gasteiger partial charge in [0.2, 0.25) is 5.95 Å². The molecular weight excluding hydrogens is 268 g/mol. The van der Waals surface area contributed by atoms with Gasteiger partial charge in [-0.1, -0.05) is 0 Å². The second kappa shape index (κ2) is 6.88. The van der Waals surface area contributed by atoms with Gasteiger partial charge in [-0.15, -0.1) is 0 Å². The van der Waals surface area contributed by atoms with Crippen LogP contribution in [0.15, 0.2) is 24.3 Å². The number of nitrogens with one attached hydrogen (secondary N) is 1. The monoisotopic (exact) mass is 288 g/mol. The molecule has 0 aliphatic carbocycles. The lowest BCUT2D eigenvalue weighted by atomic mass is 10.2. The van der Waals surface area contributed by atoms with E-state index in [9.17, 15) is 0 Å². The molecule has 0 unspecified atom stereocenters. The van der Waals surface area contributed by atoms with Gasteiger partial charge in [0.05, 0.1) is 12.7 Å². The molecule has 1 N–H and O–H groups in total. The number of anilines is 1. The standard InChI is InChI=1S/C15H20N4O2/c1-5-20-12-8-6-11(7-9-12)13-17-14(16-4)19-15(18-13)21-10(2)3/h6-10H,5H2,1-4H3,(H,16,17,18,19). The largest absolute Gasteiger partial charge is 0.494 e.